The van der Waals surface area contributed by atoms with Crippen molar-refractivity contribution < 1.29 is 4.42 Å². The fourth-order valence-electron chi connectivity index (χ4n) is 10.2. The highest BCUT2D eigenvalue weighted by molar-refractivity contribution is 6.12. The zero-order chi connectivity index (χ0) is 45.7. The number of nitrogens with zero attached hydrogens (tertiary/aromatic N) is 2. The fourth-order valence-corrected chi connectivity index (χ4v) is 10.2. The quantitative estimate of drug-likeness (QED) is 0.144. The normalized spacial score (nSPS) is 11.5. The number of hydrogen-bond donors (Lipinski definition) is 0. The highest BCUT2D eigenvalue weighted by Crippen LogP contribution is 2.42. The van der Waals surface area contributed by atoms with Crippen LogP contribution in [0.1, 0.15) is 0 Å². The largest absolute Gasteiger partial charge is 0.456 e. The lowest BCUT2D eigenvalue weighted by molar-refractivity contribution is 0.669. The van der Waals surface area contributed by atoms with Crippen LogP contribution < -0.4 is 4.90 Å². The number of hydrogen-bond acceptors (Lipinski definition) is 2. The van der Waals surface area contributed by atoms with E-state index in [0.29, 0.717) is 0 Å². The summed E-state index contributed by atoms with van der Waals surface area (Å²) in [5.74, 6) is 0. The Labute approximate surface area is 401 Å². The molecular formula is C66H44N2O. The zero-order valence-electron chi connectivity index (χ0n) is 37.7. The molecule has 0 aliphatic heterocycles. The molecule has 324 valence electrons. The van der Waals surface area contributed by atoms with Crippen molar-refractivity contribution in [2.75, 3.05) is 4.90 Å². The molecule has 11 aromatic carbocycles. The molecule has 0 aliphatic carbocycles. The molecule has 2 aromatic heterocycles. The van der Waals surface area contributed by atoms with Crippen molar-refractivity contribution in [1.82, 2.24) is 4.57 Å². The van der Waals surface area contributed by atoms with E-state index in [4.69, 9.17) is 4.42 Å². The van der Waals surface area contributed by atoms with Crippen molar-refractivity contribution in [3.8, 4) is 61.3 Å². The summed E-state index contributed by atoms with van der Waals surface area (Å²) in [5.41, 5.74) is 20.3. The first-order valence-electron chi connectivity index (χ1n) is 23.6. The van der Waals surface area contributed by atoms with E-state index in [1.807, 2.05) is 12.1 Å². The molecule has 0 radical (unpaired) electrons. The Morgan fingerprint density at radius 2 is 0.710 bits per heavy atom. The molecule has 0 atom stereocenters. The van der Waals surface area contributed by atoms with Crippen LogP contribution in [0.15, 0.2) is 271 Å². The van der Waals surface area contributed by atoms with Crippen LogP contribution in [0.5, 0.6) is 0 Å². The van der Waals surface area contributed by atoms with Crippen LogP contribution in [0.2, 0.25) is 0 Å². The first-order chi connectivity index (χ1) is 34.2. The number of para-hydroxylation sites is 3. The average molecular weight is 881 g/mol. The van der Waals surface area contributed by atoms with Crippen molar-refractivity contribution in [3.63, 3.8) is 0 Å². The Morgan fingerprint density at radius 3 is 1.35 bits per heavy atom. The van der Waals surface area contributed by atoms with Gasteiger partial charge in [-0.2, -0.15) is 0 Å². The lowest BCUT2D eigenvalue weighted by Gasteiger charge is -2.26. The van der Waals surface area contributed by atoms with Crippen molar-refractivity contribution in [1.29, 1.82) is 0 Å². The van der Waals surface area contributed by atoms with Gasteiger partial charge in [0.2, 0.25) is 0 Å². The molecule has 0 bridgehead atoms. The van der Waals surface area contributed by atoms with Gasteiger partial charge in [0.05, 0.1) is 11.0 Å². The number of furan rings is 1. The Hall–Kier alpha value is -9.18. The average Bonchev–Trinajstić information content (AvgIpc) is 3.98. The zero-order valence-corrected chi connectivity index (χ0v) is 37.7. The van der Waals surface area contributed by atoms with Crippen molar-refractivity contribution in [2.45, 2.75) is 0 Å². The van der Waals surface area contributed by atoms with Crippen LogP contribution in [-0.2, 0) is 0 Å². The lowest BCUT2D eigenvalue weighted by atomic mass is 9.98. The van der Waals surface area contributed by atoms with Gasteiger partial charge in [0, 0.05) is 44.3 Å². The summed E-state index contributed by atoms with van der Waals surface area (Å²) in [4.78, 5) is 2.36. The number of anilines is 3. The third kappa shape index (κ3) is 7.25. The minimum Gasteiger partial charge on any atom is -0.456 e. The molecule has 0 N–H and O–H groups in total. The lowest BCUT2D eigenvalue weighted by Crippen LogP contribution is -2.10. The number of rotatable bonds is 9. The van der Waals surface area contributed by atoms with Crippen LogP contribution >= 0.6 is 0 Å². The molecule has 0 fully saturated rings. The fraction of sp³-hybridized carbons (Fsp3) is 0. The van der Waals surface area contributed by atoms with Crippen LogP contribution in [0, 0.1) is 0 Å². The van der Waals surface area contributed by atoms with E-state index >= 15 is 0 Å². The summed E-state index contributed by atoms with van der Waals surface area (Å²) in [5, 5.41) is 4.81. The Morgan fingerprint density at radius 1 is 0.275 bits per heavy atom. The summed E-state index contributed by atoms with van der Waals surface area (Å²) in [6, 6.07) is 96.0. The van der Waals surface area contributed by atoms with Gasteiger partial charge in [0.25, 0.3) is 0 Å². The molecular weight excluding hydrogens is 837 g/mol. The van der Waals surface area contributed by atoms with Crippen LogP contribution in [0.4, 0.5) is 17.1 Å². The summed E-state index contributed by atoms with van der Waals surface area (Å²) in [6.07, 6.45) is 0. The van der Waals surface area contributed by atoms with E-state index in [1.54, 1.807) is 0 Å². The molecule has 0 aliphatic rings. The molecule has 3 nitrogen and oxygen atoms in total. The van der Waals surface area contributed by atoms with Gasteiger partial charge >= 0.3 is 0 Å². The number of benzene rings is 11. The van der Waals surface area contributed by atoms with E-state index < -0.39 is 0 Å². The van der Waals surface area contributed by atoms with Gasteiger partial charge in [-0.3, -0.25) is 0 Å². The van der Waals surface area contributed by atoms with Gasteiger partial charge in [-0.15, -0.1) is 0 Å². The van der Waals surface area contributed by atoms with Gasteiger partial charge in [-0.25, -0.2) is 0 Å². The molecule has 0 unspecified atom stereocenters. The molecule has 69 heavy (non-hydrogen) atoms. The van der Waals surface area contributed by atoms with Gasteiger partial charge in [0.1, 0.15) is 11.2 Å². The van der Waals surface area contributed by atoms with Gasteiger partial charge in [-0.1, -0.05) is 188 Å². The van der Waals surface area contributed by atoms with E-state index in [2.05, 4.69) is 264 Å². The van der Waals surface area contributed by atoms with Crippen LogP contribution in [-0.4, -0.2) is 4.57 Å². The predicted molar refractivity (Wildman–Crippen MR) is 290 cm³/mol. The third-order valence-electron chi connectivity index (χ3n) is 13.6. The second kappa shape index (κ2) is 16.9. The van der Waals surface area contributed by atoms with Gasteiger partial charge in [-0.05, 0) is 134 Å². The summed E-state index contributed by atoms with van der Waals surface area (Å²) in [6.45, 7) is 0. The molecule has 0 saturated heterocycles. The van der Waals surface area contributed by atoms with E-state index in [1.165, 1.54) is 55.2 Å². The second-order valence-corrected chi connectivity index (χ2v) is 17.7. The first kappa shape index (κ1) is 40.1. The van der Waals surface area contributed by atoms with Crippen molar-refractivity contribution in [2.24, 2.45) is 0 Å². The van der Waals surface area contributed by atoms with Crippen molar-refractivity contribution >= 4 is 60.8 Å². The van der Waals surface area contributed by atoms with Gasteiger partial charge < -0.3 is 13.9 Å². The number of fused-ring (bicyclic) bond motifs is 6. The highest BCUT2D eigenvalue weighted by atomic mass is 16.3. The molecule has 0 saturated carbocycles. The highest BCUT2D eigenvalue weighted by Gasteiger charge is 2.17. The van der Waals surface area contributed by atoms with E-state index in [9.17, 15) is 0 Å². The topological polar surface area (TPSA) is 21.3 Å². The Kier molecular flexibility index (Phi) is 9.84. The standard InChI is InChI=1S/C66H44N2O/c1-2-13-45(14-3-1)51-15-10-16-52(43-51)53-17-11-18-57(44-53)67(55-41-35-50(36-42-55)58-22-12-26-65-66(58)61-21-6-9-25-64(61)69-65)54-37-31-48(32-38-54)46-27-29-47(30-28-46)49-33-39-56(40-34-49)68-62-23-7-4-19-59(62)60-20-5-8-24-63(60)68/h1-44H. The van der Waals surface area contributed by atoms with Crippen molar-refractivity contribution in [3.05, 3.63) is 267 Å². The van der Waals surface area contributed by atoms with Crippen LogP contribution in [0.3, 0.4) is 0 Å². The smallest absolute Gasteiger partial charge is 0.136 e. The minimum absolute atomic E-state index is 0.896. The SMILES string of the molecule is c1ccc(-c2cccc(-c3cccc(N(c4ccc(-c5ccc(-c6ccc(-n7c8ccccc8c8ccccc87)cc6)cc5)cc4)c4ccc(-c5cccc6oc7ccccc7c56)cc4)c3)c2)cc1. The van der Waals surface area contributed by atoms with Crippen LogP contribution in [0.25, 0.3) is 105 Å². The maximum absolute atomic E-state index is 6.27. The molecule has 2 heterocycles. The monoisotopic (exact) mass is 880 g/mol. The molecule has 13 aromatic rings. The van der Waals surface area contributed by atoms with E-state index in [0.717, 1.165) is 66.9 Å². The summed E-state index contributed by atoms with van der Waals surface area (Å²) < 4.78 is 8.63. The number of aromatic nitrogens is 1. The maximum atomic E-state index is 6.27. The maximum Gasteiger partial charge on any atom is 0.136 e. The molecule has 0 spiro atoms. The summed E-state index contributed by atoms with van der Waals surface area (Å²) in [7, 11) is 0. The molecule has 13 rings (SSSR count). The Balaban J connectivity index is 0.828. The summed E-state index contributed by atoms with van der Waals surface area (Å²) >= 11 is 0. The third-order valence-corrected chi connectivity index (χ3v) is 13.6. The first-order valence-corrected chi connectivity index (χ1v) is 23.6. The Bertz CT molecular complexity index is 3920. The predicted octanol–water partition coefficient (Wildman–Crippen LogP) is 18.5. The van der Waals surface area contributed by atoms with E-state index in [-0.39, 0.29) is 0 Å². The van der Waals surface area contributed by atoms with Gasteiger partial charge in [0.15, 0.2) is 0 Å². The second-order valence-electron chi connectivity index (χ2n) is 17.7. The molecule has 3 heteroatoms. The minimum atomic E-state index is 0.896. The molecule has 0 amide bonds.